The van der Waals surface area contributed by atoms with Crippen molar-refractivity contribution in [2.75, 3.05) is 6.61 Å². The van der Waals surface area contributed by atoms with Gasteiger partial charge in [0, 0.05) is 17.8 Å². The molecule has 4 amide bonds. The van der Waals surface area contributed by atoms with Crippen molar-refractivity contribution in [3.63, 3.8) is 0 Å². The summed E-state index contributed by atoms with van der Waals surface area (Å²) in [5.74, 6) is -3.49. The number of amides is 4. The molecule has 1 fully saturated rings. The highest BCUT2D eigenvalue weighted by atomic mass is 16.5. The molecule has 1 aromatic heterocycles. The van der Waals surface area contributed by atoms with Crippen molar-refractivity contribution in [1.29, 1.82) is 0 Å². The number of nitrogens with zero attached hydrogens (tertiary/aromatic N) is 1. The Morgan fingerprint density at radius 3 is 2.24 bits per heavy atom. The van der Waals surface area contributed by atoms with Gasteiger partial charge in [0.25, 0.3) is 0 Å². The van der Waals surface area contributed by atoms with Crippen LogP contribution in [0, 0.1) is 6.92 Å². The number of imide groups is 2. The number of esters is 1. The van der Waals surface area contributed by atoms with E-state index in [4.69, 9.17) is 4.74 Å². The molecule has 1 aromatic carbocycles. The zero-order valence-electron chi connectivity index (χ0n) is 16.6. The van der Waals surface area contributed by atoms with Gasteiger partial charge in [-0.15, -0.1) is 0 Å². The lowest BCUT2D eigenvalue weighted by molar-refractivity contribution is -0.132. The lowest BCUT2D eigenvalue weighted by atomic mass is 9.89. The molecular weight excluding hydrogens is 374 g/mol. The van der Waals surface area contributed by atoms with E-state index in [-0.39, 0.29) is 17.7 Å². The minimum atomic E-state index is -1.35. The molecule has 3 rings (SSSR count). The largest absolute Gasteiger partial charge is 0.462 e. The SMILES string of the molecule is CCCn1c(C)c(C(=O)OCC)c(C2C(=O)NC(=O)NC2=O)c1-c1ccccc1. The molecule has 0 saturated carbocycles. The van der Waals surface area contributed by atoms with Crippen molar-refractivity contribution in [2.45, 2.75) is 39.7 Å². The first kappa shape index (κ1) is 20.3. The number of nitrogens with one attached hydrogen (secondary N) is 2. The van der Waals surface area contributed by atoms with Gasteiger partial charge < -0.3 is 9.30 Å². The molecule has 8 nitrogen and oxygen atoms in total. The number of carbonyl (C=O) groups is 4. The Kier molecular flexibility index (Phi) is 5.81. The van der Waals surface area contributed by atoms with Crippen LogP contribution in [-0.4, -0.2) is 35.0 Å². The summed E-state index contributed by atoms with van der Waals surface area (Å²) in [6, 6.07) is 8.36. The molecule has 2 heterocycles. The first-order valence-electron chi connectivity index (χ1n) is 9.51. The van der Waals surface area contributed by atoms with E-state index in [2.05, 4.69) is 10.6 Å². The third-order valence-electron chi connectivity index (χ3n) is 4.82. The van der Waals surface area contributed by atoms with Crippen LogP contribution < -0.4 is 10.6 Å². The number of rotatable bonds is 6. The van der Waals surface area contributed by atoms with Crippen molar-refractivity contribution in [2.24, 2.45) is 0 Å². The highest BCUT2D eigenvalue weighted by Gasteiger charge is 2.42. The third-order valence-corrected chi connectivity index (χ3v) is 4.82. The van der Waals surface area contributed by atoms with E-state index in [0.717, 1.165) is 12.0 Å². The fourth-order valence-electron chi connectivity index (χ4n) is 3.69. The van der Waals surface area contributed by atoms with E-state index < -0.39 is 29.7 Å². The predicted molar refractivity (Wildman–Crippen MR) is 105 cm³/mol. The van der Waals surface area contributed by atoms with Crippen molar-refractivity contribution in [3.05, 3.63) is 47.2 Å². The van der Waals surface area contributed by atoms with Crippen LogP contribution >= 0.6 is 0 Å². The van der Waals surface area contributed by atoms with Crippen LogP contribution in [0.5, 0.6) is 0 Å². The van der Waals surface area contributed by atoms with Crippen LogP contribution in [0.2, 0.25) is 0 Å². The Morgan fingerprint density at radius 2 is 1.69 bits per heavy atom. The molecule has 1 aliphatic rings. The van der Waals surface area contributed by atoms with E-state index in [1.165, 1.54) is 0 Å². The van der Waals surface area contributed by atoms with Crippen molar-refractivity contribution in [3.8, 4) is 11.3 Å². The highest BCUT2D eigenvalue weighted by Crippen LogP contribution is 2.38. The number of ether oxygens (including phenoxy) is 1. The van der Waals surface area contributed by atoms with Gasteiger partial charge >= 0.3 is 12.0 Å². The molecule has 1 aliphatic heterocycles. The Balaban J connectivity index is 2.35. The standard InChI is InChI=1S/C21H23N3O5/c1-4-11-24-12(3)14(20(27)29-5-2)15(17(24)13-9-7-6-8-10-13)16-18(25)22-21(28)23-19(16)26/h6-10,16H,4-5,11H2,1-3H3,(H2,22,23,25,26,28). The van der Waals surface area contributed by atoms with Gasteiger partial charge in [0.1, 0.15) is 5.92 Å². The minimum absolute atomic E-state index is 0.152. The van der Waals surface area contributed by atoms with E-state index in [0.29, 0.717) is 17.9 Å². The Bertz CT molecular complexity index is 958. The van der Waals surface area contributed by atoms with Gasteiger partial charge in [-0.3, -0.25) is 20.2 Å². The molecule has 2 N–H and O–H groups in total. The first-order valence-corrected chi connectivity index (χ1v) is 9.51. The molecule has 0 unspecified atom stereocenters. The fourth-order valence-corrected chi connectivity index (χ4v) is 3.69. The molecular formula is C21H23N3O5. The average molecular weight is 397 g/mol. The van der Waals surface area contributed by atoms with Gasteiger partial charge in [-0.1, -0.05) is 37.3 Å². The van der Waals surface area contributed by atoms with E-state index in [9.17, 15) is 19.2 Å². The van der Waals surface area contributed by atoms with Gasteiger partial charge in [0.15, 0.2) is 0 Å². The molecule has 8 heteroatoms. The summed E-state index contributed by atoms with van der Waals surface area (Å²) in [5.41, 5.74) is 2.40. The van der Waals surface area contributed by atoms with E-state index >= 15 is 0 Å². The number of benzene rings is 1. The van der Waals surface area contributed by atoms with Crippen molar-refractivity contribution < 1.29 is 23.9 Å². The van der Waals surface area contributed by atoms with E-state index in [1.807, 2.05) is 41.8 Å². The average Bonchev–Trinajstić information content (AvgIpc) is 2.94. The molecule has 0 radical (unpaired) electrons. The van der Waals surface area contributed by atoms with E-state index in [1.54, 1.807) is 13.8 Å². The van der Waals surface area contributed by atoms with Crippen LogP contribution in [-0.2, 0) is 20.9 Å². The normalized spacial score (nSPS) is 14.5. The lowest BCUT2D eigenvalue weighted by Crippen LogP contribution is -2.54. The Morgan fingerprint density at radius 1 is 1.07 bits per heavy atom. The maximum atomic E-state index is 12.8. The number of aromatic nitrogens is 1. The molecule has 152 valence electrons. The van der Waals surface area contributed by atoms with Crippen LogP contribution in [0.4, 0.5) is 4.79 Å². The highest BCUT2D eigenvalue weighted by molar-refractivity contribution is 6.21. The molecule has 0 atom stereocenters. The lowest BCUT2D eigenvalue weighted by Gasteiger charge is -2.23. The van der Waals surface area contributed by atoms with Gasteiger partial charge in [-0.2, -0.15) is 0 Å². The predicted octanol–water partition coefficient (Wildman–Crippen LogP) is 2.50. The summed E-state index contributed by atoms with van der Waals surface area (Å²) in [6.45, 7) is 6.18. The van der Waals surface area contributed by atoms with Crippen LogP contribution in [0.3, 0.4) is 0 Å². The van der Waals surface area contributed by atoms with Crippen LogP contribution in [0.25, 0.3) is 11.3 Å². The van der Waals surface area contributed by atoms with Crippen molar-refractivity contribution in [1.82, 2.24) is 15.2 Å². The quantitative estimate of drug-likeness (QED) is 0.575. The summed E-state index contributed by atoms with van der Waals surface area (Å²) in [6.07, 6.45) is 0.776. The summed E-state index contributed by atoms with van der Waals surface area (Å²) in [5, 5.41) is 4.25. The summed E-state index contributed by atoms with van der Waals surface area (Å²) >= 11 is 0. The molecule has 1 saturated heterocycles. The zero-order valence-corrected chi connectivity index (χ0v) is 16.6. The Labute approximate surface area is 168 Å². The van der Waals surface area contributed by atoms with Gasteiger partial charge in [-0.05, 0) is 25.8 Å². The van der Waals surface area contributed by atoms with Crippen LogP contribution in [0.1, 0.15) is 47.8 Å². The summed E-state index contributed by atoms with van der Waals surface area (Å²) in [7, 11) is 0. The maximum absolute atomic E-state index is 12.8. The molecule has 0 spiro atoms. The first-order chi connectivity index (χ1) is 13.9. The van der Waals surface area contributed by atoms with Gasteiger partial charge in [0.05, 0.1) is 17.9 Å². The second-order valence-corrected chi connectivity index (χ2v) is 6.70. The summed E-state index contributed by atoms with van der Waals surface area (Å²) in [4.78, 5) is 49.7. The van der Waals surface area contributed by atoms with Crippen molar-refractivity contribution >= 4 is 23.8 Å². The fraction of sp³-hybridized carbons (Fsp3) is 0.333. The number of barbiturate groups is 1. The monoisotopic (exact) mass is 397 g/mol. The van der Waals surface area contributed by atoms with Gasteiger partial charge in [0.2, 0.25) is 11.8 Å². The molecule has 0 bridgehead atoms. The molecule has 29 heavy (non-hydrogen) atoms. The minimum Gasteiger partial charge on any atom is -0.462 e. The molecule has 0 aliphatic carbocycles. The topological polar surface area (TPSA) is 106 Å². The zero-order chi connectivity index (χ0) is 21.1. The Hall–Kier alpha value is -3.42. The second kappa shape index (κ2) is 8.30. The van der Waals surface area contributed by atoms with Crippen LogP contribution in [0.15, 0.2) is 30.3 Å². The number of carbonyl (C=O) groups excluding carboxylic acids is 4. The summed E-state index contributed by atoms with van der Waals surface area (Å²) < 4.78 is 7.16. The van der Waals surface area contributed by atoms with Gasteiger partial charge in [-0.25, -0.2) is 9.59 Å². The number of hydrogen-bond donors (Lipinski definition) is 2. The smallest absolute Gasteiger partial charge is 0.340 e. The number of urea groups is 1. The second-order valence-electron chi connectivity index (χ2n) is 6.70. The third kappa shape index (κ3) is 3.65. The number of hydrogen-bond acceptors (Lipinski definition) is 5. The maximum Gasteiger partial charge on any atom is 0.340 e. The molecule has 2 aromatic rings.